The minimum absolute atomic E-state index is 0.190. The maximum absolute atomic E-state index is 11.6. The number of hydrogen-bond donors (Lipinski definition) is 1. The third-order valence-corrected chi connectivity index (χ3v) is 2.27. The second-order valence-corrected chi connectivity index (χ2v) is 3.70. The van der Waals surface area contributed by atoms with Gasteiger partial charge < -0.3 is 9.84 Å². The van der Waals surface area contributed by atoms with Crippen molar-refractivity contribution in [3.63, 3.8) is 0 Å². The highest BCUT2D eigenvalue weighted by molar-refractivity contribution is 5.86. The van der Waals surface area contributed by atoms with Gasteiger partial charge in [0.25, 0.3) is 0 Å². The van der Waals surface area contributed by atoms with Crippen LogP contribution in [-0.4, -0.2) is 18.0 Å². The summed E-state index contributed by atoms with van der Waals surface area (Å²) in [6.45, 7) is 3.53. The zero-order valence-electron chi connectivity index (χ0n) is 9.23. The number of benzene rings is 1. The van der Waals surface area contributed by atoms with Crippen molar-refractivity contribution < 1.29 is 14.6 Å². The molecule has 0 bridgehead atoms. The van der Waals surface area contributed by atoms with Gasteiger partial charge in [0.1, 0.15) is 11.9 Å². The molecule has 0 heterocycles. The molecular weight excluding hydrogens is 192 g/mol. The predicted molar refractivity (Wildman–Crippen MR) is 57.8 cm³/mol. The highest BCUT2D eigenvalue weighted by atomic mass is 16.5. The molecule has 1 aromatic carbocycles. The number of carbonyl (C=O) groups excluding carboxylic acids is 1. The normalized spacial score (nSPS) is 12.6. The number of Topliss-reactive ketones (excluding diaryl/α,β-unsaturated/α-hetero) is 1. The van der Waals surface area contributed by atoms with E-state index in [0.717, 1.165) is 0 Å². The van der Waals surface area contributed by atoms with Gasteiger partial charge in [-0.3, -0.25) is 4.79 Å². The van der Waals surface area contributed by atoms with Crippen LogP contribution >= 0.6 is 0 Å². The molecule has 1 atom stereocenters. The Bertz CT molecular complexity index is 344. The molecule has 0 aromatic heterocycles. The molecule has 1 aromatic rings. The average molecular weight is 208 g/mol. The first kappa shape index (κ1) is 11.7. The summed E-state index contributed by atoms with van der Waals surface area (Å²) in [5, 5.41) is 9.84. The summed E-state index contributed by atoms with van der Waals surface area (Å²) in [6, 6.07) is 7.00. The van der Waals surface area contributed by atoms with Crippen LogP contribution < -0.4 is 4.74 Å². The Morgan fingerprint density at radius 2 is 1.93 bits per heavy atom. The monoisotopic (exact) mass is 208 g/mol. The number of hydrogen-bond acceptors (Lipinski definition) is 3. The summed E-state index contributed by atoms with van der Waals surface area (Å²) >= 11 is 0. The van der Waals surface area contributed by atoms with E-state index in [1.807, 2.05) is 0 Å². The molecule has 0 saturated carbocycles. The number of aliphatic hydroxyl groups is 1. The summed E-state index contributed by atoms with van der Waals surface area (Å²) in [5.74, 6) is 0.156. The Hall–Kier alpha value is -1.35. The van der Waals surface area contributed by atoms with E-state index in [4.69, 9.17) is 4.74 Å². The lowest BCUT2D eigenvalue weighted by Gasteiger charge is -2.15. The summed E-state index contributed by atoms with van der Waals surface area (Å²) < 4.78 is 5.08. The Morgan fingerprint density at radius 1 is 1.33 bits per heavy atom. The SMILES string of the molecule is COc1ccccc1[C@H](O)C(=O)C(C)C. The van der Waals surface area contributed by atoms with E-state index < -0.39 is 6.10 Å². The largest absolute Gasteiger partial charge is 0.496 e. The molecule has 3 nitrogen and oxygen atoms in total. The van der Waals surface area contributed by atoms with Gasteiger partial charge in [0, 0.05) is 11.5 Å². The number of rotatable bonds is 4. The third kappa shape index (κ3) is 2.57. The highest BCUT2D eigenvalue weighted by Crippen LogP contribution is 2.26. The number of carbonyl (C=O) groups is 1. The third-order valence-electron chi connectivity index (χ3n) is 2.27. The van der Waals surface area contributed by atoms with Crippen molar-refractivity contribution in [2.45, 2.75) is 20.0 Å². The highest BCUT2D eigenvalue weighted by Gasteiger charge is 2.22. The van der Waals surface area contributed by atoms with Crippen LogP contribution in [0, 0.1) is 5.92 Å². The minimum Gasteiger partial charge on any atom is -0.496 e. The van der Waals surface area contributed by atoms with Crippen LogP contribution in [0.15, 0.2) is 24.3 Å². The van der Waals surface area contributed by atoms with Gasteiger partial charge >= 0.3 is 0 Å². The molecule has 0 aliphatic carbocycles. The standard InChI is InChI=1S/C12H16O3/c1-8(2)11(13)12(14)9-6-4-5-7-10(9)15-3/h4-8,12,14H,1-3H3/t12-/m0/s1. The van der Waals surface area contributed by atoms with E-state index in [-0.39, 0.29) is 11.7 Å². The van der Waals surface area contributed by atoms with Crippen molar-refractivity contribution in [1.29, 1.82) is 0 Å². The van der Waals surface area contributed by atoms with Crippen molar-refractivity contribution in [2.75, 3.05) is 7.11 Å². The maximum atomic E-state index is 11.6. The Balaban J connectivity index is 3.00. The first-order valence-corrected chi connectivity index (χ1v) is 4.92. The molecule has 0 spiro atoms. The second kappa shape index (κ2) is 4.94. The molecular formula is C12H16O3. The number of ether oxygens (including phenoxy) is 1. The van der Waals surface area contributed by atoms with Crippen molar-refractivity contribution in [2.24, 2.45) is 5.92 Å². The van der Waals surface area contributed by atoms with Gasteiger partial charge in [-0.2, -0.15) is 0 Å². The summed E-state index contributed by atoms with van der Waals surface area (Å²) in [5.41, 5.74) is 0.527. The van der Waals surface area contributed by atoms with Gasteiger partial charge in [0.2, 0.25) is 0 Å². The van der Waals surface area contributed by atoms with E-state index in [0.29, 0.717) is 11.3 Å². The molecule has 1 N–H and O–H groups in total. The van der Waals surface area contributed by atoms with Gasteiger partial charge in [-0.1, -0.05) is 32.0 Å². The lowest BCUT2D eigenvalue weighted by Crippen LogP contribution is -2.18. The smallest absolute Gasteiger partial charge is 0.168 e. The second-order valence-electron chi connectivity index (χ2n) is 3.70. The molecule has 82 valence electrons. The number of methoxy groups -OCH3 is 1. The van der Waals surface area contributed by atoms with Crippen molar-refractivity contribution >= 4 is 5.78 Å². The molecule has 0 unspecified atom stereocenters. The van der Waals surface area contributed by atoms with Crippen LogP contribution in [0.5, 0.6) is 5.75 Å². The van der Waals surface area contributed by atoms with E-state index >= 15 is 0 Å². The zero-order chi connectivity index (χ0) is 11.4. The van der Waals surface area contributed by atoms with Crippen LogP contribution in [0.25, 0.3) is 0 Å². The fourth-order valence-corrected chi connectivity index (χ4v) is 1.36. The molecule has 0 radical (unpaired) electrons. The van der Waals surface area contributed by atoms with Crippen LogP contribution in [0.4, 0.5) is 0 Å². The molecule has 0 saturated heterocycles. The summed E-state index contributed by atoms with van der Waals surface area (Å²) in [7, 11) is 1.52. The predicted octanol–water partition coefficient (Wildman–Crippen LogP) is 1.95. The summed E-state index contributed by atoms with van der Waals surface area (Å²) in [6.07, 6.45) is -1.10. The molecule has 0 fully saturated rings. The van der Waals surface area contributed by atoms with Crippen LogP contribution in [0.2, 0.25) is 0 Å². The van der Waals surface area contributed by atoms with Gasteiger partial charge in [0.05, 0.1) is 7.11 Å². The van der Waals surface area contributed by atoms with E-state index in [1.54, 1.807) is 38.1 Å². The number of para-hydroxylation sites is 1. The van der Waals surface area contributed by atoms with E-state index in [1.165, 1.54) is 7.11 Å². The first-order valence-electron chi connectivity index (χ1n) is 4.92. The molecule has 0 aliphatic heterocycles. The molecule has 15 heavy (non-hydrogen) atoms. The average Bonchev–Trinajstić information content (AvgIpc) is 2.26. The molecule has 0 aliphatic rings. The lowest BCUT2D eigenvalue weighted by molar-refractivity contribution is -0.130. The maximum Gasteiger partial charge on any atom is 0.168 e. The molecule has 1 rings (SSSR count). The fraction of sp³-hybridized carbons (Fsp3) is 0.417. The van der Waals surface area contributed by atoms with Crippen molar-refractivity contribution in [3.05, 3.63) is 29.8 Å². The molecule has 0 amide bonds. The zero-order valence-corrected chi connectivity index (χ0v) is 9.23. The van der Waals surface area contributed by atoms with E-state index in [9.17, 15) is 9.90 Å². The Labute approximate surface area is 89.7 Å². The van der Waals surface area contributed by atoms with Crippen LogP contribution in [0.1, 0.15) is 25.5 Å². The van der Waals surface area contributed by atoms with Crippen molar-refractivity contribution in [3.8, 4) is 5.75 Å². The van der Waals surface area contributed by atoms with Gasteiger partial charge in [-0.25, -0.2) is 0 Å². The topological polar surface area (TPSA) is 46.5 Å². The first-order chi connectivity index (χ1) is 7.07. The Kier molecular flexibility index (Phi) is 3.86. The summed E-state index contributed by atoms with van der Waals surface area (Å²) in [4.78, 5) is 11.6. The van der Waals surface area contributed by atoms with E-state index in [2.05, 4.69) is 0 Å². The molecule has 3 heteroatoms. The van der Waals surface area contributed by atoms with Gasteiger partial charge in [-0.05, 0) is 6.07 Å². The fourth-order valence-electron chi connectivity index (χ4n) is 1.36. The lowest BCUT2D eigenvalue weighted by atomic mass is 9.97. The quantitative estimate of drug-likeness (QED) is 0.822. The van der Waals surface area contributed by atoms with Crippen molar-refractivity contribution in [1.82, 2.24) is 0 Å². The number of ketones is 1. The van der Waals surface area contributed by atoms with Crippen LogP contribution in [0.3, 0.4) is 0 Å². The van der Waals surface area contributed by atoms with Crippen LogP contribution in [-0.2, 0) is 4.79 Å². The van der Waals surface area contributed by atoms with Gasteiger partial charge in [0.15, 0.2) is 5.78 Å². The Morgan fingerprint density at radius 3 is 2.47 bits per heavy atom. The van der Waals surface area contributed by atoms with Gasteiger partial charge in [-0.15, -0.1) is 0 Å². The minimum atomic E-state index is -1.10. The number of aliphatic hydroxyl groups excluding tert-OH is 1.